The highest BCUT2D eigenvalue weighted by Gasteiger charge is 2.18. The van der Waals surface area contributed by atoms with Gasteiger partial charge in [-0.3, -0.25) is 9.36 Å². The van der Waals surface area contributed by atoms with E-state index in [0.29, 0.717) is 0 Å². The molecule has 1 rings (SSSR count). The van der Waals surface area contributed by atoms with E-state index in [1.807, 2.05) is 6.92 Å². The molecule has 0 spiro atoms. The fourth-order valence-corrected chi connectivity index (χ4v) is 1.39. The molecule has 0 radical (unpaired) electrons. The van der Waals surface area contributed by atoms with E-state index in [1.54, 1.807) is 13.0 Å². The zero-order valence-electron chi connectivity index (χ0n) is 8.75. The van der Waals surface area contributed by atoms with Crippen LogP contribution < -0.4 is 0 Å². The number of hydrogen-bond donors (Lipinski definition) is 0. The molecule has 0 atom stereocenters. The van der Waals surface area contributed by atoms with E-state index < -0.39 is 5.97 Å². The van der Waals surface area contributed by atoms with Crippen molar-refractivity contribution in [1.82, 2.24) is 4.57 Å². The highest BCUT2D eigenvalue weighted by Crippen LogP contribution is 2.15. The van der Waals surface area contributed by atoms with Gasteiger partial charge in [-0.2, -0.15) is 0 Å². The van der Waals surface area contributed by atoms with E-state index in [-0.39, 0.29) is 11.6 Å². The molecular weight excluding hydrogens is 182 g/mol. The van der Waals surface area contributed by atoms with Crippen molar-refractivity contribution in [1.29, 1.82) is 0 Å². The smallest absolute Gasteiger partial charge is 0.355 e. The van der Waals surface area contributed by atoms with E-state index >= 15 is 0 Å². The Labute approximate surface area is 82.5 Å². The van der Waals surface area contributed by atoms with E-state index in [9.17, 15) is 9.59 Å². The largest absolute Gasteiger partial charge is 0.464 e. The van der Waals surface area contributed by atoms with Gasteiger partial charge in [-0.1, -0.05) is 0 Å². The standard InChI is InChI=1S/C10H13NO3/c1-6-5-9(10(13)14-4)11(7(6)2)8(3)12/h5H,1-4H3. The maximum absolute atomic E-state index is 11.3. The van der Waals surface area contributed by atoms with Gasteiger partial charge in [-0.15, -0.1) is 0 Å². The van der Waals surface area contributed by atoms with Gasteiger partial charge in [0.2, 0.25) is 5.91 Å². The molecule has 1 heterocycles. The van der Waals surface area contributed by atoms with Crippen molar-refractivity contribution < 1.29 is 14.3 Å². The number of carbonyl (C=O) groups is 2. The Morgan fingerprint density at radius 3 is 2.36 bits per heavy atom. The van der Waals surface area contributed by atoms with Gasteiger partial charge < -0.3 is 4.74 Å². The minimum Gasteiger partial charge on any atom is -0.464 e. The van der Waals surface area contributed by atoms with Crippen molar-refractivity contribution in [3.05, 3.63) is 23.0 Å². The van der Waals surface area contributed by atoms with Crippen molar-refractivity contribution in [2.75, 3.05) is 7.11 Å². The van der Waals surface area contributed by atoms with Crippen LogP contribution in [0.3, 0.4) is 0 Å². The van der Waals surface area contributed by atoms with Crippen LogP contribution in [0.1, 0.15) is 33.5 Å². The lowest BCUT2D eigenvalue weighted by Gasteiger charge is -2.05. The molecule has 0 unspecified atom stereocenters. The number of hydrogen-bond acceptors (Lipinski definition) is 3. The summed E-state index contributed by atoms with van der Waals surface area (Å²) in [5, 5.41) is 0. The van der Waals surface area contributed by atoms with Crippen LogP contribution in [0.15, 0.2) is 6.07 Å². The zero-order valence-corrected chi connectivity index (χ0v) is 8.75. The highest BCUT2D eigenvalue weighted by atomic mass is 16.5. The average Bonchev–Trinajstić information content (AvgIpc) is 2.42. The summed E-state index contributed by atoms with van der Waals surface area (Å²) in [6.45, 7) is 5.06. The lowest BCUT2D eigenvalue weighted by Crippen LogP contribution is -2.16. The lowest BCUT2D eigenvalue weighted by atomic mass is 10.3. The van der Waals surface area contributed by atoms with Gasteiger partial charge in [-0.05, 0) is 25.5 Å². The van der Waals surface area contributed by atoms with Gasteiger partial charge in [0.25, 0.3) is 0 Å². The molecular formula is C10H13NO3. The summed E-state index contributed by atoms with van der Waals surface area (Å²) in [5.74, 6) is -0.674. The molecule has 4 heteroatoms. The predicted molar refractivity (Wildman–Crippen MR) is 51.5 cm³/mol. The van der Waals surface area contributed by atoms with Crippen LogP contribution in [0, 0.1) is 13.8 Å². The molecule has 0 aliphatic heterocycles. The first-order valence-electron chi connectivity index (χ1n) is 4.27. The molecule has 0 aromatic carbocycles. The molecule has 0 saturated carbocycles. The fraction of sp³-hybridized carbons (Fsp3) is 0.400. The fourth-order valence-electron chi connectivity index (χ4n) is 1.39. The molecule has 76 valence electrons. The third-order valence-corrected chi connectivity index (χ3v) is 2.21. The van der Waals surface area contributed by atoms with Crippen molar-refractivity contribution in [2.24, 2.45) is 0 Å². The number of nitrogens with zero attached hydrogens (tertiary/aromatic N) is 1. The highest BCUT2D eigenvalue weighted by molar-refractivity contribution is 5.94. The monoisotopic (exact) mass is 195 g/mol. The first-order chi connectivity index (χ1) is 6.49. The minimum absolute atomic E-state index is 0.184. The molecule has 0 fully saturated rings. The second-order valence-corrected chi connectivity index (χ2v) is 3.14. The first-order valence-corrected chi connectivity index (χ1v) is 4.27. The second kappa shape index (κ2) is 3.65. The molecule has 1 aromatic rings. The van der Waals surface area contributed by atoms with Crippen molar-refractivity contribution in [3.63, 3.8) is 0 Å². The van der Waals surface area contributed by atoms with Crippen LogP contribution in [0.5, 0.6) is 0 Å². The summed E-state index contributed by atoms with van der Waals surface area (Å²) in [6.07, 6.45) is 0. The number of aromatic nitrogens is 1. The molecule has 0 saturated heterocycles. The second-order valence-electron chi connectivity index (χ2n) is 3.14. The van der Waals surface area contributed by atoms with Gasteiger partial charge in [0, 0.05) is 12.6 Å². The Morgan fingerprint density at radius 2 is 1.93 bits per heavy atom. The normalized spacial score (nSPS) is 10.0. The summed E-state index contributed by atoms with van der Waals surface area (Å²) in [4.78, 5) is 22.6. The number of carbonyl (C=O) groups excluding carboxylic acids is 2. The quantitative estimate of drug-likeness (QED) is 0.639. The number of aryl methyl sites for hydroxylation is 1. The molecule has 0 N–H and O–H groups in total. The molecule has 0 aliphatic carbocycles. The van der Waals surface area contributed by atoms with E-state index in [4.69, 9.17) is 0 Å². The third-order valence-electron chi connectivity index (χ3n) is 2.21. The zero-order chi connectivity index (χ0) is 10.9. The predicted octanol–water partition coefficient (Wildman–Crippen LogP) is 1.55. The maximum Gasteiger partial charge on any atom is 0.355 e. The van der Waals surface area contributed by atoms with Crippen LogP contribution in [-0.4, -0.2) is 23.6 Å². The Hall–Kier alpha value is -1.58. The van der Waals surface area contributed by atoms with Crippen LogP contribution in [0.2, 0.25) is 0 Å². The van der Waals surface area contributed by atoms with Gasteiger partial charge in [0.15, 0.2) is 0 Å². The Kier molecular flexibility index (Phi) is 2.74. The van der Waals surface area contributed by atoms with Crippen LogP contribution in [-0.2, 0) is 4.74 Å². The van der Waals surface area contributed by atoms with Gasteiger partial charge >= 0.3 is 5.97 Å². The van der Waals surface area contributed by atoms with Crippen molar-refractivity contribution >= 4 is 11.9 Å². The van der Waals surface area contributed by atoms with Crippen LogP contribution >= 0.6 is 0 Å². The number of esters is 1. The number of methoxy groups -OCH3 is 1. The van der Waals surface area contributed by atoms with E-state index in [2.05, 4.69) is 4.74 Å². The molecule has 0 bridgehead atoms. The average molecular weight is 195 g/mol. The van der Waals surface area contributed by atoms with Crippen molar-refractivity contribution in [3.8, 4) is 0 Å². The topological polar surface area (TPSA) is 48.3 Å². The summed E-state index contributed by atoms with van der Waals surface area (Å²) in [5.41, 5.74) is 1.97. The number of ether oxygens (including phenoxy) is 1. The van der Waals surface area contributed by atoms with Gasteiger partial charge in [-0.25, -0.2) is 4.79 Å². The Morgan fingerprint density at radius 1 is 1.36 bits per heavy atom. The van der Waals surface area contributed by atoms with Gasteiger partial charge in [0.1, 0.15) is 5.69 Å². The van der Waals surface area contributed by atoms with Crippen LogP contribution in [0.25, 0.3) is 0 Å². The summed E-state index contributed by atoms with van der Waals surface area (Å²) in [7, 11) is 1.30. The van der Waals surface area contributed by atoms with E-state index in [0.717, 1.165) is 11.3 Å². The molecule has 0 aliphatic rings. The third kappa shape index (κ3) is 1.55. The maximum atomic E-state index is 11.3. The Bertz CT molecular complexity index is 390. The lowest BCUT2D eigenvalue weighted by molar-refractivity contribution is 0.0581. The summed E-state index contributed by atoms with van der Waals surface area (Å²) in [6, 6.07) is 1.66. The van der Waals surface area contributed by atoms with Crippen LogP contribution in [0.4, 0.5) is 0 Å². The summed E-state index contributed by atoms with van der Waals surface area (Å²) < 4.78 is 5.95. The molecule has 14 heavy (non-hydrogen) atoms. The van der Waals surface area contributed by atoms with E-state index in [1.165, 1.54) is 18.6 Å². The molecule has 0 amide bonds. The van der Waals surface area contributed by atoms with Crippen molar-refractivity contribution in [2.45, 2.75) is 20.8 Å². The first kappa shape index (κ1) is 10.5. The molecule has 1 aromatic heterocycles. The summed E-state index contributed by atoms with van der Waals surface area (Å²) >= 11 is 0. The molecule has 4 nitrogen and oxygen atoms in total. The number of rotatable bonds is 1. The minimum atomic E-state index is -0.489. The van der Waals surface area contributed by atoms with Gasteiger partial charge in [0.05, 0.1) is 7.11 Å². The SMILES string of the molecule is COC(=O)c1cc(C)c(C)n1C(C)=O. The Balaban J connectivity index is 3.36.